The first kappa shape index (κ1) is 23.4. The van der Waals surface area contributed by atoms with Crippen molar-refractivity contribution in [2.45, 2.75) is 69.9 Å². The molecule has 0 N–H and O–H groups in total. The summed E-state index contributed by atoms with van der Waals surface area (Å²) in [6, 6.07) is 21.9. The van der Waals surface area contributed by atoms with Crippen molar-refractivity contribution in [3.05, 3.63) is 83.9 Å². The minimum Gasteiger partial charge on any atom is -0.290 e. The second-order valence-electron chi connectivity index (χ2n) is 9.72. The van der Waals surface area contributed by atoms with Gasteiger partial charge in [0.05, 0.1) is 0 Å². The molecule has 0 unspecified atom stereocenters. The highest BCUT2D eigenvalue weighted by Crippen LogP contribution is 2.36. The third-order valence-electron chi connectivity index (χ3n) is 7.24. The van der Waals surface area contributed by atoms with Crippen LogP contribution in [-0.4, -0.2) is 24.5 Å². The Kier molecular flexibility index (Phi) is 9.29. The largest absolute Gasteiger partial charge is 0.290 e. The molecule has 0 radical (unpaired) electrons. The lowest BCUT2D eigenvalue weighted by Crippen LogP contribution is -2.23. The second kappa shape index (κ2) is 13.1. The van der Waals surface area contributed by atoms with Gasteiger partial charge in [-0.15, -0.1) is 0 Å². The second-order valence-corrected chi connectivity index (χ2v) is 9.72. The summed E-state index contributed by atoms with van der Waals surface area (Å²) in [5.74, 6) is 1.82. The van der Waals surface area contributed by atoms with E-state index in [1.54, 1.807) is 0 Å². The van der Waals surface area contributed by atoms with Crippen LogP contribution in [0.3, 0.4) is 0 Å². The van der Waals surface area contributed by atoms with Crippen LogP contribution in [0, 0.1) is 11.8 Å². The van der Waals surface area contributed by atoms with Crippen molar-refractivity contribution in [2.75, 3.05) is 0 Å². The Morgan fingerprint density at radius 1 is 0.545 bits per heavy atom. The molecule has 0 bridgehead atoms. The molecule has 0 atom stereocenters. The molecule has 2 nitrogen and oxygen atoms in total. The summed E-state index contributed by atoms with van der Waals surface area (Å²) in [6.07, 6.45) is 24.3. The van der Waals surface area contributed by atoms with Gasteiger partial charge >= 0.3 is 0 Å². The Balaban J connectivity index is 1.10. The van der Waals surface area contributed by atoms with Gasteiger partial charge in [0.2, 0.25) is 0 Å². The van der Waals surface area contributed by atoms with E-state index in [0.29, 0.717) is 12.1 Å². The van der Waals surface area contributed by atoms with Crippen LogP contribution in [0.15, 0.2) is 82.8 Å². The highest BCUT2D eigenvalue weighted by atomic mass is 14.8. The Hall–Kier alpha value is -2.74. The highest BCUT2D eigenvalue weighted by Gasteiger charge is 2.26. The predicted molar refractivity (Wildman–Crippen MR) is 144 cm³/mol. The van der Waals surface area contributed by atoms with Gasteiger partial charge in [-0.25, -0.2) is 0 Å². The lowest BCUT2D eigenvalue weighted by atomic mass is 9.76. The van der Waals surface area contributed by atoms with E-state index in [9.17, 15) is 0 Å². The van der Waals surface area contributed by atoms with E-state index in [1.807, 2.05) is 12.4 Å². The molecular weight excluding hydrogens is 400 g/mol. The SMILES string of the molecule is C(/C=C/c1ccccc1)=NC1CCC(CC2CCC(N=C/C=C/c3ccccc3)CC2)CC1. The van der Waals surface area contributed by atoms with Gasteiger partial charge in [0.25, 0.3) is 0 Å². The van der Waals surface area contributed by atoms with Crippen LogP contribution in [0.1, 0.15) is 68.9 Å². The van der Waals surface area contributed by atoms with E-state index < -0.39 is 0 Å². The molecule has 0 spiro atoms. The van der Waals surface area contributed by atoms with Crippen molar-refractivity contribution in [1.82, 2.24) is 0 Å². The summed E-state index contributed by atoms with van der Waals surface area (Å²) in [5.41, 5.74) is 2.47. The van der Waals surface area contributed by atoms with Crippen LogP contribution < -0.4 is 0 Å². The van der Waals surface area contributed by atoms with E-state index in [-0.39, 0.29) is 0 Å². The quantitative estimate of drug-likeness (QED) is 0.372. The van der Waals surface area contributed by atoms with Crippen molar-refractivity contribution in [3.8, 4) is 0 Å². The van der Waals surface area contributed by atoms with Gasteiger partial charge < -0.3 is 0 Å². The normalized spacial score (nSPS) is 26.7. The topological polar surface area (TPSA) is 24.7 Å². The van der Waals surface area contributed by atoms with E-state index in [4.69, 9.17) is 9.98 Å². The minimum absolute atomic E-state index is 0.524. The average molecular weight is 439 g/mol. The Morgan fingerprint density at radius 2 is 0.939 bits per heavy atom. The molecule has 33 heavy (non-hydrogen) atoms. The molecule has 0 heterocycles. The van der Waals surface area contributed by atoms with Crippen LogP contribution in [-0.2, 0) is 0 Å². The number of nitrogens with zero attached hydrogens (tertiary/aromatic N) is 2. The first-order valence-electron chi connectivity index (χ1n) is 12.8. The third kappa shape index (κ3) is 8.28. The summed E-state index contributed by atoms with van der Waals surface area (Å²) in [7, 11) is 0. The molecule has 2 aliphatic rings. The van der Waals surface area contributed by atoms with Gasteiger partial charge in [-0.2, -0.15) is 0 Å². The fourth-order valence-corrected chi connectivity index (χ4v) is 5.31. The van der Waals surface area contributed by atoms with E-state index in [2.05, 4.69) is 85.0 Å². The number of hydrogen-bond acceptors (Lipinski definition) is 2. The summed E-state index contributed by atoms with van der Waals surface area (Å²) in [6.45, 7) is 0. The lowest BCUT2D eigenvalue weighted by molar-refractivity contribution is 0.226. The first-order valence-corrected chi connectivity index (χ1v) is 12.8. The number of benzene rings is 2. The maximum Gasteiger partial charge on any atom is 0.0499 e. The molecule has 2 fully saturated rings. The third-order valence-corrected chi connectivity index (χ3v) is 7.24. The summed E-state index contributed by atoms with van der Waals surface area (Å²) in [4.78, 5) is 9.62. The number of aliphatic imine (C=N–C) groups is 2. The predicted octanol–water partition coefficient (Wildman–Crippen LogP) is 8.06. The average Bonchev–Trinajstić information content (AvgIpc) is 2.88. The maximum atomic E-state index is 4.81. The van der Waals surface area contributed by atoms with Crippen LogP contribution >= 0.6 is 0 Å². The molecule has 2 saturated carbocycles. The standard InChI is InChI=1S/C31H38N2/c1-3-9-26(10-4-1)13-7-23-32-30-19-15-28(16-20-30)25-29-17-21-31(22-18-29)33-24-8-14-27-11-5-2-6-12-27/h1-14,23-24,28-31H,15-22,25H2/b13-7+,14-8+,32-23?,33-24?. The highest BCUT2D eigenvalue weighted by molar-refractivity contribution is 5.78. The van der Waals surface area contributed by atoms with Crippen LogP contribution in [0.4, 0.5) is 0 Å². The monoisotopic (exact) mass is 438 g/mol. The number of rotatable bonds is 8. The Morgan fingerprint density at radius 3 is 1.33 bits per heavy atom. The fraction of sp³-hybridized carbons (Fsp3) is 0.419. The van der Waals surface area contributed by atoms with E-state index in [1.165, 1.54) is 68.9 Å². The van der Waals surface area contributed by atoms with Crippen molar-refractivity contribution in [1.29, 1.82) is 0 Å². The molecule has 2 heteroatoms. The summed E-state index contributed by atoms with van der Waals surface area (Å²) < 4.78 is 0. The van der Waals surface area contributed by atoms with Crippen molar-refractivity contribution in [2.24, 2.45) is 21.8 Å². The van der Waals surface area contributed by atoms with Gasteiger partial charge in [0.1, 0.15) is 0 Å². The molecule has 0 amide bonds. The van der Waals surface area contributed by atoms with E-state index >= 15 is 0 Å². The Bertz CT molecular complexity index is 832. The van der Waals surface area contributed by atoms with Crippen LogP contribution in [0.25, 0.3) is 12.2 Å². The molecule has 172 valence electrons. The van der Waals surface area contributed by atoms with Crippen molar-refractivity contribution < 1.29 is 0 Å². The lowest BCUT2D eigenvalue weighted by Gasteiger charge is -2.32. The summed E-state index contributed by atoms with van der Waals surface area (Å²) in [5, 5.41) is 0. The zero-order chi connectivity index (χ0) is 22.6. The van der Waals surface area contributed by atoms with Gasteiger partial charge in [-0.3, -0.25) is 9.98 Å². The number of allylic oxidation sites excluding steroid dienone is 2. The van der Waals surface area contributed by atoms with Gasteiger partial charge in [-0.05, 0) is 92.9 Å². The molecule has 2 aliphatic carbocycles. The zero-order valence-corrected chi connectivity index (χ0v) is 19.8. The maximum absolute atomic E-state index is 4.81. The molecule has 0 aliphatic heterocycles. The van der Waals surface area contributed by atoms with Gasteiger partial charge in [0.15, 0.2) is 0 Å². The van der Waals surface area contributed by atoms with Crippen molar-refractivity contribution >= 4 is 24.6 Å². The molecule has 0 saturated heterocycles. The van der Waals surface area contributed by atoms with Crippen LogP contribution in [0.5, 0.6) is 0 Å². The number of hydrogen-bond donors (Lipinski definition) is 0. The molecule has 2 aromatic rings. The van der Waals surface area contributed by atoms with Gasteiger partial charge in [-0.1, -0.05) is 72.8 Å². The molecule has 4 rings (SSSR count). The molecule has 2 aromatic carbocycles. The molecule has 0 aromatic heterocycles. The van der Waals surface area contributed by atoms with E-state index in [0.717, 1.165) is 11.8 Å². The van der Waals surface area contributed by atoms with Crippen LogP contribution in [0.2, 0.25) is 0 Å². The molecular formula is C31H38N2. The smallest absolute Gasteiger partial charge is 0.0499 e. The Labute approximate surface area is 200 Å². The first-order chi connectivity index (χ1) is 16.3. The fourth-order valence-electron chi connectivity index (χ4n) is 5.31. The zero-order valence-electron chi connectivity index (χ0n) is 19.8. The minimum atomic E-state index is 0.524. The van der Waals surface area contributed by atoms with Gasteiger partial charge in [0, 0.05) is 24.5 Å². The van der Waals surface area contributed by atoms with Crippen molar-refractivity contribution in [3.63, 3.8) is 0 Å². The summed E-state index contributed by atoms with van der Waals surface area (Å²) >= 11 is 0.